The Kier molecular flexibility index (Phi) is 27.8. The molecule has 1 amide bonds. The van der Waals surface area contributed by atoms with E-state index in [0.717, 1.165) is 57.8 Å². The van der Waals surface area contributed by atoms with Crippen LogP contribution in [-0.4, -0.2) is 73.4 Å². The first-order chi connectivity index (χ1) is 22.0. The summed E-state index contributed by atoms with van der Waals surface area (Å²) in [5, 5.41) is 13.6. The van der Waals surface area contributed by atoms with Crippen LogP contribution in [0.5, 0.6) is 0 Å². The summed E-state index contributed by atoms with van der Waals surface area (Å²) in [5.41, 5.74) is 0. The zero-order chi connectivity index (χ0) is 34.4. The molecule has 0 bridgehead atoms. The molecule has 0 radical (unpaired) electrons. The summed E-state index contributed by atoms with van der Waals surface area (Å²) >= 11 is 0. The van der Waals surface area contributed by atoms with Gasteiger partial charge in [-0.2, -0.15) is 0 Å². The Hall–Kier alpha value is -2.06. The highest BCUT2D eigenvalue weighted by Crippen LogP contribution is 2.43. The van der Waals surface area contributed by atoms with E-state index >= 15 is 0 Å². The molecule has 3 unspecified atom stereocenters. The predicted molar refractivity (Wildman–Crippen MR) is 193 cm³/mol. The van der Waals surface area contributed by atoms with Crippen molar-refractivity contribution in [3.63, 3.8) is 0 Å². The number of phosphoric ester groups is 1. The van der Waals surface area contributed by atoms with Gasteiger partial charge in [0.25, 0.3) is 0 Å². The van der Waals surface area contributed by atoms with Crippen molar-refractivity contribution < 1.29 is 32.9 Å². The number of hydrogen-bond donors (Lipinski definition) is 3. The minimum Gasteiger partial charge on any atom is -0.387 e. The van der Waals surface area contributed by atoms with Gasteiger partial charge in [0, 0.05) is 6.42 Å². The second-order valence-electron chi connectivity index (χ2n) is 12.5. The molecule has 264 valence electrons. The van der Waals surface area contributed by atoms with E-state index in [1.807, 2.05) is 27.2 Å². The minimum absolute atomic E-state index is 0.0462. The number of aliphatic hydroxyl groups is 1. The third-order valence-corrected chi connectivity index (χ3v) is 7.92. The van der Waals surface area contributed by atoms with Crippen LogP contribution >= 0.6 is 7.82 Å². The number of aliphatic hydroxyl groups excluding tert-OH is 1. The second kappa shape index (κ2) is 29.1. The van der Waals surface area contributed by atoms with Crippen molar-refractivity contribution in [1.82, 2.24) is 5.32 Å². The van der Waals surface area contributed by atoms with Crippen LogP contribution in [0.4, 0.5) is 0 Å². The third-order valence-electron chi connectivity index (χ3n) is 6.93. The normalized spacial score (nSPS) is 15.7. The number of nitrogens with zero attached hydrogens (tertiary/aromatic N) is 1. The van der Waals surface area contributed by atoms with Crippen LogP contribution in [0, 0.1) is 0 Å². The van der Waals surface area contributed by atoms with Crippen LogP contribution < -0.4 is 5.32 Å². The highest BCUT2D eigenvalue weighted by Gasteiger charge is 2.27. The Labute approximate surface area is 281 Å². The van der Waals surface area contributed by atoms with E-state index in [2.05, 4.69) is 79.9 Å². The van der Waals surface area contributed by atoms with Gasteiger partial charge in [0.1, 0.15) is 13.2 Å². The van der Waals surface area contributed by atoms with E-state index < -0.39 is 20.0 Å². The van der Waals surface area contributed by atoms with Gasteiger partial charge in [0.15, 0.2) is 0 Å². The molecule has 0 aliphatic rings. The molecule has 0 aliphatic heterocycles. The number of nitrogens with one attached hydrogen (secondary N) is 1. The number of likely N-dealkylation sites (N-methyl/N-ethyl adjacent to an activating group) is 1. The van der Waals surface area contributed by atoms with Crippen LogP contribution in [0.3, 0.4) is 0 Å². The number of carbonyl (C=O) groups excluding carboxylic acids is 1. The minimum atomic E-state index is -4.34. The number of phosphoric acid groups is 1. The number of rotatable bonds is 29. The molecule has 0 aromatic rings. The Morgan fingerprint density at radius 3 is 1.87 bits per heavy atom. The topological polar surface area (TPSA) is 105 Å². The highest BCUT2D eigenvalue weighted by atomic mass is 31.2. The van der Waals surface area contributed by atoms with Crippen molar-refractivity contribution in [3.05, 3.63) is 72.9 Å². The number of hydrogen-bond acceptors (Lipinski definition) is 5. The number of quaternary nitrogens is 1. The van der Waals surface area contributed by atoms with E-state index in [9.17, 15) is 19.4 Å². The lowest BCUT2D eigenvalue weighted by Gasteiger charge is -2.25. The largest absolute Gasteiger partial charge is 0.472 e. The molecule has 46 heavy (non-hydrogen) atoms. The summed E-state index contributed by atoms with van der Waals surface area (Å²) in [6.45, 7) is 4.54. The van der Waals surface area contributed by atoms with E-state index in [1.165, 1.54) is 19.3 Å². The Morgan fingerprint density at radius 2 is 1.30 bits per heavy atom. The van der Waals surface area contributed by atoms with Crippen LogP contribution in [-0.2, 0) is 18.4 Å². The molecule has 8 nitrogen and oxygen atoms in total. The highest BCUT2D eigenvalue weighted by molar-refractivity contribution is 7.47. The van der Waals surface area contributed by atoms with Crippen molar-refractivity contribution in [2.45, 2.75) is 116 Å². The van der Waals surface area contributed by atoms with E-state index in [1.54, 1.807) is 6.08 Å². The molecule has 3 atom stereocenters. The van der Waals surface area contributed by atoms with Gasteiger partial charge >= 0.3 is 7.82 Å². The average molecular weight is 666 g/mol. The van der Waals surface area contributed by atoms with Gasteiger partial charge in [-0.1, -0.05) is 112 Å². The standard InChI is InChI=1S/C37H65N2O6P/c1-6-8-10-12-14-15-16-17-18-19-20-21-22-23-25-27-29-31-37(41)38-35(36(40)30-28-26-24-13-11-9-7-2)34-45-46(42,43)44-33-32-39(3,4)5/h8,10,14-15,17-18,20-21,23,25,28,30,35-36,40H,6-7,9,11-13,16,19,22,24,26-27,29,31-34H2,1-5H3,(H-,38,41,42,43)/p+1/b10-8-,15-14-,18-17-,21-20-,25-23-,30-28+. The smallest absolute Gasteiger partial charge is 0.387 e. The van der Waals surface area contributed by atoms with Crippen LogP contribution in [0.15, 0.2) is 72.9 Å². The summed E-state index contributed by atoms with van der Waals surface area (Å²) in [4.78, 5) is 22.8. The average Bonchev–Trinajstić information content (AvgIpc) is 2.99. The van der Waals surface area contributed by atoms with Gasteiger partial charge in [0.2, 0.25) is 5.91 Å². The molecule has 0 fully saturated rings. The van der Waals surface area contributed by atoms with Crippen LogP contribution in [0.25, 0.3) is 0 Å². The monoisotopic (exact) mass is 665 g/mol. The van der Waals surface area contributed by atoms with Crippen molar-refractivity contribution in [2.24, 2.45) is 0 Å². The molecule has 3 N–H and O–H groups in total. The number of carbonyl (C=O) groups is 1. The van der Waals surface area contributed by atoms with Crippen molar-refractivity contribution in [1.29, 1.82) is 0 Å². The SMILES string of the molecule is CC/C=C\C/C=C\C/C=C\C/C=C\C/C=C\CCCC(=O)NC(COP(=O)(O)OCC[N+](C)(C)C)C(O)/C=C/CCCCCCC. The molecule has 0 rings (SSSR count). The summed E-state index contributed by atoms with van der Waals surface area (Å²) in [6.07, 6.45) is 37.1. The fraction of sp³-hybridized carbons (Fsp3) is 0.649. The first-order valence-corrected chi connectivity index (χ1v) is 18.8. The van der Waals surface area contributed by atoms with Gasteiger partial charge in [-0.25, -0.2) is 4.57 Å². The molecule has 9 heteroatoms. The maximum absolute atomic E-state index is 12.7. The number of amides is 1. The molecule has 0 aromatic heterocycles. The number of unbranched alkanes of at least 4 members (excludes halogenated alkanes) is 6. The maximum Gasteiger partial charge on any atom is 0.472 e. The van der Waals surface area contributed by atoms with E-state index in [0.29, 0.717) is 17.4 Å². The fourth-order valence-corrected chi connectivity index (χ4v) is 4.87. The molecular formula is C37H66N2O6P+. The van der Waals surface area contributed by atoms with Crippen LogP contribution in [0.2, 0.25) is 0 Å². The van der Waals surface area contributed by atoms with Gasteiger partial charge in [-0.15, -0.1) is 0 Å². The van der Waals surface area contributed by atoms with Crippen LogP contribution in [0.1, 0.15) is 104 Å². The molecule has 0 aromatic carbocycles. The lowest BCUT2D eigenvalue weighted by Crippen LogP contribution is -2.45. The van der Waals surface area contributed by atoms with Gasteiger partial charge in [0.05, 0.1) is 39.9 Å². The quantitative estimate of drug-likeness (QED) is 0.0320. The zero-order valence-electron chi connectivity index (χ0n) is 29.5. The molecule has 0 saturated heterocycles. The van der Waals surface area contributed by atoms with E-state index in [4.69, 9.17) is 9.05 Å². The Bertz CT molecular complexity index is 981. The third kappa shape index (κ3) is 30.6. The van der Waals surface area contributed by atoms with Crippen molar-refractivity contribution in [2.75, 3.05) is 40.9 Å². The predicted octanol–water partition coefficient (Wildman–Crippen LogP) is 8.51. The summed E-state index contributed by atoms with van der Waals surface area (Å²) in [7, 11) is 1.51. The molecular weight excluding hydrogens is 599 g/mol. The lowest BCUT2D eigenvalue weighted by atomic mass is 10.1. The maximum atomic E-state index is 12.7. The van der Waals surface area contributed by atoms with Gasteiger partial charge in [-0.05, 0) is 57.8 Å². The first kappa shape index (κ1) is 43.9. The van der Waals surface area contributed by atoms with Gasteiger partial charge in [-0.3, -0.25) is 13.8 Å². The molecule has 0 saturated carbocycles. The zero-order valence-corrected chi connectivity index (χ0v) is 30.4. The second-order valence-corrected chi connectivity index (χ2v) is 14.0. The van der Waals surface area contributed by atoms with Crippen molar-refractivity contribution >= 4 is 13.7 Å². The molecule has 0 heterocycles. The van der Waals surface area contributed by atoms with Crippen molar-refractivity contribution in [3.8, 4) is 0 Å². The lowest BCUT2D eigenvalue weighted by molar-refractivity contribution is -0.870. The molecule has 0 aliphatic carbocycles. The number of allylic oxidation sites excluding steroid dienone is 11. The summed E-state index contributed by atoms with van der Waals surface area (Å²) in [5.74, 6) is -0.244. The Balaban J connectivity index is 4.61. The summed E-state index contributed by atoms with van der Waals surface area (Å²) < 4.78 is 23.3. The van der Waals surface area contributed by atoms with E-state index in [-0.39, 0.29) is 25.5 Å². The summed E-state index contributed by atoms with van der Waals surface area (Å²) in [6, 6.07) is -0.875. The van der Waals surface area contributed by atoms with Gasteiger partial charge < -0.3 is 19.8 Å². The first-order valence-electron chi connectivity index (χ1n) is 17.3. The molecule has 0 spiro atoms. The fourth-order valence-electron chi connectivity index (χ4n) is 4.13. The Morgan fingerprint density at radius 1 is 0.761 bits per heavy atom.